The zero-order chi connectivity index (χ0) is 29.3. The second kappa shape index (κ2) is 12.0. The predicted molar refractivity (Wildman–Crippen MR) is 160 cm³/mol. The third kappa shape index (κ3) is 6.13. The van der Waals surface area contributed by atoms with E-state index < -0.39 is 17.7 Å². The number of nitrogens with zero attached hydrogens (tertiary/aromatic N) is 1. The summed E-state index contributed by atoms with van der Waals surface area (Å²) < 4.78 is 18.7. The van der Waals surface area contributed by atoms with Crippen molar-refractivity contribution in [3.8, 4) is 5.75 Å². The lowest BCUT2D eigenvalue weighted by atomic mass is 9.70. The van der Waals surface area contributed by atoms with Crippen molar-refractivity contribution in [3.63, 3.8) is 0 Å². The van der Waals surface area contributed by atoms with Gasteiger partial charge in [0.2, 0.25) is 5.91 Å². The van der Waals surface area contributed by atoms with Crippen molar-refractivity contribution in [2.45, 2.75) is 63.6 Å². The fourth-order valence-electron chi connectivity index (χ4n) is 6.66. The number of nitrogens with one attached hydrogen (secondary N) is 1. The Kier molecular flexibility index (Phi) is 8.15. The molecule has 3 aromatic carbocycles. The Bertz CT molecular complexity index is 1420. The van der Waals surface area contributed by atoms with Crippen molar-refractivity contribution < 1.29 is 23.8 Å². The number of likely N-dealkylation sites (tertiary alicyclic amines) is 1. The largest absolute Gasteiger partial charge is 0.487 e. The standard InChI is InChI=1S/C34H37ClN2O5/c1-34(2)27-18-24-20-37(16-15-29(24)41-31(27)26-19-25(35)13-14-30(26)42-34)32(38)28(17-22-9-5-3-6-10-22)36-33(39)40-21-23-11-7-4-8-12-23/h3-14,19,24,27-29,31H,15-18,20-21H2,1-2H3,(H,36,39)/t24-,27+,28+,29+,31-/m1/s1. The van der Waals surface area contributed by atoms with E-state index in [4.69, 9.17) is 25.8 Å². The molecular formula is C34H37ClN2O5. The molecule has 220 valence electrons. The lowest BCUT2D eigenvalue weighted by Crippen LogP contribution is -2.58. The van der Waals surface area contributed by atoms with Crippen LogP contribution in [0.25, 0.3) is 0 Å². The van der Waals surface area contributed by atoms with Crippen LogP contribution in [0, 0.1) is 11.8 Å². The number of halogens is 1. The summed E-state index contributed by atoms with van der Waals surface area (Å²) in [6.45, 7) is 5.48. The molecule has 0 aliphatic carbocycles. The quantitative estimate of drug-likeness (QED) is 0.363. The van der Waals surface area contributed by atoms with Crippen LogP contribution in [0.3, 0.4) is 0 Å². The summed E-state index contributed by atoms with van der Waals surface area (Å²) in [5.41, 5.74) is 2.43. The summed E-state index contributed by atoms with van der Waals surface area (Å²) in [4.78, 5) is 28.7. The topological polar surface area (TPSA) is 77.1 Å². The molecule has 2 saturated heterocycles. The van der Waals surface area contributed by atoms with E-state index in [9.17, 15) is 9.59 Å². The summed E-state index contributed by atoms with van der Waals surface area (Å²) in [5.74, 6) is 0.999. The third-order valence-electron chi connectivity index (χ3n) is 8.85. The average molecular weight is 589 g/mol. The van der Waals surface area contributed by atoms with E-state index >= 15 is 0 Å². The second-order valence-corrected chi connectivity index (χ2v) is 12.5. The van der Waals surface area contributed by atoms with Gasteiger partial charge in [-0.15, -0.1) is 0 Å². The Morgan fingerprint density at radius 2 is 1.76 bits per heavy atom. The van der Waals surface area contributed by atoms with Crippen molar-refractivity contribution >= 4 is 23.6 Å². The number of amides is 2. The van der Waals surface area contributed by atoms with E-state index in [1.54, 1.807) is 0 Å². The van der Waals surface area contributed by atoms with Gasteiger partial charge in [0.15, 0.2) is 0 Å². The first-order valence-corrected chi connectivity index (χ1v) is 15.1. The first-order valence-electron chi connectivity index (χ1n) is 14.7. The number of hydrogen-bond acceptors (Lipinski definition) is 5. The van der Waals surface area contributed by atoms with Crippen LogP contribution in [0.15, 0.2) is 78.9 Å². The summed E-state index contributed by atoms with van der Waals surface area (Å²) in [5, 5.41) is 3.53. The molecule has 42 heavy (non-hydrogen) atoms. The van der Waals surface area contributed by atoms with Gasteiger partial charge in [-0.05, 0) is 56.0 Å². The maximum atomic E-state index is 14.0. The fourth-order valence-corrected chi connectivity index (χ4v) is 6.84. The maximum absolute atomic E-state index is 14.0. The van der Waals surface area contributed by atoms with Gasteiger partial charge >= 0.3 is 6.09 Å². The molecule has 0 unspecified atom stereocenters. The van der Waals surface area contributed by atoms with Gasteiger partial charge in [0.25, 0.3) is 0 Å². The first kappa shape index (κ1) is 28.6. The van der Waals surface area contributed by atoms with Gasteiger partial charge in [-0.25, -0.2) is 4.79 Å². The second-order valence-electron chi connectivity index (χ2n) is 12.1. The molecule has 3 aromatic rings. The molecule has 0 saturated carbocycles. The van der Waals surface area contributed by atoms with Crippen LogP contribution in [-0.4, -0.2) is 47.7 Å². The van der Waals surface area contributed by atoms with Crippen LogP contribution < -0.4 is 10.1 Å². The molecule has 3 aliphatic rings. The van der Waals surface area contributed by atoms with Gasteiger partial charge in [0, 0.05) is 41.9 Å². The summed E-state index contributed by atoms with van der Waals surface area (Å²) in [7, 11) is 0. The number of benzene rings is 3. The number of carbonyl (C=O) groups is 2. The van der Waals surface area contributed by atoms with E-state index in [0.29, 0.717) is 24.5 Å². The number of hydrogen-bond donors (Lipinski definition) is 1. The molecule has 2 fully saturated rings. The van der Waals surface area contributed by atoms with Crippen molar-refractivity contribution in [1.29, 1.82) is 0 Å². The molecule has 3 aliphatic heterocycles. The van der Waals surface area contributed by atoms with E-state index in [1.807, 2.05) is 83.8 Å². The highest BCUT2D eigenvalue weighted by Crippen LogP contribution is 2.53. The van der Waals surface area contributed by atoms with Gasteiger partial charge < -0.3 is 24.4 Å². The number of fused-ring (bicyclic) bond motifs is 4. The Labute approximate surface area is 252 Å². The number of rotatable bonds is 6. The zero-order valence-electron chi connectivity index (χ0n) is 24.0. The van der Waals surface area contributed by atoms with Crippen molar-refractivity contribution in [2.24, 2.45) is 11.8 Å². The van der Waals surface area contributed by atoms with E-state index in [2.05, 4.69) is 19.2 Å². The monoisotopic (exact) mass is 588 g/mol. The molecule has 1 N–H and O–H groups in total. The average Bonchev–Trinajstić information content (AvgIpc) is 3.00. The number of alkyl carbamates (subject to hydrolysis) is 1. The van der Waals surface area contributed by atoms with Crippen LogP contribution in [0.2, 0.25) is 5.02 Å². The normalized spacial score (nSPS) is 24.7. The fraction of sp³-hybridized carbons (Fsp3) is 0.412. The van der Waals surface area contributed by atoms with Crippen molar-refractivity contribution in [1.82, 2.24) is 10.2 Å². The molecule has 7 nitrogen and oxygen atoms in total. The number of ether oxygens (including phenoxy) is 3. The first-order chi connectivity index (χ1) is 20.3. The molecule has 5 atom stereocenters. The molecule has 0 bridgehead atoms. The van der Waals surface area contributed by atoms with Gasteiger partial charge in [-0.3, -0.25) is 4.79 Å². The Morgan fingerprint density at radius 1 is 1.05 bits per heavy atom. The van der Waals surface area contributed by atoms with E-state index in [-0.39, 0.29) is 36.6 Å². The molecule has 0 spiro atoms. The summed E-state index contributed by atoms with van der Waals surface area (Å²) in [6.07, 6.45) is 1.31. The van der Waals surface area contributed by atoms with Crippen LogP contribution in [0.4, 0.5) is 4.79 Å². The lowest BCUT2D eigenvalue weighted by molar-refractivity contribution is -0.189. The molecule has 3 heterocycles. The van der Waals surface area contributed by atoms with E-state index in [1.165, 1.54) is 0 Å². The molecule has 0 radical (unpaired) electrons. The van der Waals surface area contributed by atoms with Crippen LogP contribution in [0.5, 0.6) is 5.75 Å². The molecular weight excluding hydrogens is 552 g/mol. The minimum absolute atomic E-state index is 0.0346. The lowest BCUT2D eigenvalue weighted by Gasteiger charge is -2.53. The highest BCUT2D eigenvalue weighted by atomic mass is 35.5. The van der Waals surface area contributed by atoms with Crippen molar-refractivity contribution in [2.75, 3.05) is 13.1 Å². The Balaban J connectivity index is 1.15. The smallest absolute Gasteiger partial charge is 0.408 e. The van der Waals surface area contributed by atoms with Gasteiger partial charge in [-0.1, -0.05) is 72.3 Å². The Hall–Kier alpha value is -3.55. The summed E-state index contributed by atoms with van der Waals surface area (Å²) in [6, 6.07) is 24.2. The molecule has 6 rings (SSSR count). The van der Waals surface area contributed by atoms with E-state index in [0.717, 1.165) is 35.3 Å². The van der Waals surface area contributed by atoms with Gasteiger partial charge in [-0.2, -0.15) is 0 Å². The zero-order valence-corrected chi connectivity index (χ0v) is 24.8. The molecule has 0 aromatic heterocycles. The van der Waals surface area contributed by atoms with Crippen LogP contribution in [0.1, 0.15) is 49.5 Å². The predicted octanol–water partition coefficient (Wildman–Crippen LogP) is 6.34. The number of piperidine rings is 1. The van der Waals surface area contributed by atoms with Crippen LogP contribution in [-0.2, 0) is 27.3 Å². The highest BCUT2D eigenvalue weighted by molar-refractivity contribution is 6.30. The number of carbonyl (C=O) groups excluding carboxylic acids is 2. The molecule has 8 heteroatoms. The Morgan fingerprint density at radius 3 is 2.50 bits per heavy atom. The minimum atomic E-state index is -0.743. The minimum Gasteiger partial charge on any atom is -0.487 e. The SMILES string of the molecule is CC1(C)Oc2ccc(Cl)cc2[C@H]2O[C@H]3CCN(C(=O)[C@H](Cc4ccccc4)NC(=O)OCc4ccccc4)C[C@H]3C[C@@H]21. The third-order valence-corrected chi connectivity index (χ3v) is 9.08. The maximum Gasteiger partial charge on any atom is 0.408 e. The summed E-state index contributed by atoms with van der Waals surface area (Å²) >= 11 is 6.35. The highest BCUT2D eigenvalue weighted by Gasteiger charge is 2.52. The molecule has 2 amide bonds. The van der Waals surface area contributed by atoms with Crippen LogP contribution >= 0.6 is 11.6 Å². The van der Waals surface area contributed by atoms with Gasteiger partial charge in [0.05, 0.1) is 12.2 Å². The van der Waals surface area contributed by atoms with Gasteiger partial charge in [0.1, 0.15) is 24.0 Å². The van der Waals surface area contributed by atoms with Crippen molar-refractivity contribution in [3.05, 3.63) is 101 Å².